The van der Waals surface area contributed by atoms with Crippen LogP contribution in [0.25, 0.3) is 11.0 Å². The Bertz CT molecular complexity index is 864. The molecular formula is C12H12BrN2O5P. The van der Waals surface area contributed by atoms with Crippen LogP contribution >= 0.6 is 23.5 Å². The number of hydrogen-bond acceptors (Lipinski definition) is 3. The highest BCUT2D eigenvalue weighted by atomic mass is 79.9. The van der Waals surface area contributed by atoms with Crippen molar-refractivity contribution in [3.05, 3.63) is 54.8 Å². The summed E-state index contributed by atoms with van der Waals surface area (Å²) in [4.78, 5) is 45.2. The first kappa shape index (κ1) is 15.9. The molecule has 1 heterocycles. The molecule has 0 unspecified atom stereocenters. The molecule has 7 nitrogen and oxygen atoms in total. The lowest BCUT2D eigenvalue weighted by Gasteiger charge is -2.06. The second kappa shape index (κ2) is 6.11. The molecule has 2 aromatic rings. The highest BCUT2D eigenvalue weighted by Gasteiger charge is 2.08. The Morgan fingerprint density at radius 1 is 1.19 bits per heavy atom. The fourth-order valence-electron chi connectivity index (χ4n) is 1.91. The number of benzene rings is 1. The predicted octanol–water partition coefficient (Wildman–Crippen LogP) is 1.60. The first-order valence-electron chi connectivity index (χ1n) is 5.94. The average molecular weight is 375 g/mol. The number of fused-ring (bicyclic) bond motifs is 1. The van der Waals surface area contributed by atoms with E-state index in [-0.39, 0.29) is 0 Å². The summed E-state index contributed by atoms with van der Waals surface area (Å²) in [7, 11) is -4.15. The Balaban J connectivity index is 2.37. The van der Waals surface area contributed by atoms with Crippen LogP contribution < -0.4 is 11.1 Å². The van der Waals surface area contributed by atoms with Crippen molar-refractivity contribution in [3.63, 3.8) is 0 Å². The van der Waals surface area contributed by atoms with Gasteiger partial charge < -0.3 is 19.8 Å². The van der Waals surface area contributed by atoms with Crippen LogP contribution in [0.1, 0.15) is 12.0 Å². The van der Waals surface area contributed by atoms with Gasteiger partial charge in [-0.15, -0.1) is 0 Å². The number of aromatic nitrogens is 2. The quantitative estimate of drug-likeness (QED) is 0.478. The van der Waals surface area contributed by atoms with Crippen molar-refractivity contribution in [1.82, 2.24) is 9.97 Å². The summed E-state index contributed by atoms with van der Waals surface area (Å²) in [6, 6.07) is 3.45. The van der Waals surface area contributed by atoms with E-state index < -0.39 is 18.7 Å². The van der Waals surface area contributed by atoms with Crippen molar-refractivity contribution in [3.8, 4) is 0 Å². The number of hydrogen-bond donors (Lipinski definition) is 4. The molecule has 1 aromatic carbocycles. The number of aromatic amines is 2. The zero-order chi connectivity index (χ0) is 15.6. The van der Waals surface area contributed by atoms with E-state index >= 15 is 0 Å². The van der Waals surface area contributed by atoms with Gasteiger partial charge in [0, 0.05) is 10.3 Å². The first-order chi connectivity index (χ1) is 9.76. The monoisotopic (exact) mass is 374 g/mol. The Hall–Kier alpha value is -1.47. The molecule has 2 rings (SSSR count). The van der Waals surface area contributed by atoms with Crippen molar-refractivity contribution in [2.45, 2.75) is 12.8 Å². The summed E-state index contributed by atoms with van der Waals surface area (Å²) < 4.78 is 11.4. The summed E-state index contributed by atoms with van der Waals surface area (Å²) in [6.45, 7) is 0. The highest BCUT2D eigenvalue weighted by Crippen LogP contribution is 2.36. The van der Waals surface area contributed by atoms with Crippen LogP contribution in [0.5, 0.6) is 0 Å². The number of halogens is 1. The van der Waals surface area contributed by atoms with Crippen LogP contribution in [0, 0.1) is 0 Å². The Labute approximate surface area is 127 Å². The lowest BCUT2D eigenvalue weighted by Crippen LogP contribution is -2.29. The fourth-order valence-corrected chi connectivity index (χ4v) is 2.84. The SMILES string of the molecule is O=c1[nH]c2cc(Br)cc(CCC=CP(=O)(O)O)c2[nH]c1=O. The van der Waals surface area contributed by atoms with Crippen LogP contribution in [0.2, 0.25) is 0 Å². The smallest absolute Gasteiger partial charge is 0.321 e. The van der Waals surface area contributed by atoms with Gasteiger partial charge in [-0.1, -0.05) is 22.0 Å². The van der Waals surface area contributed by atoms with Gasteiger partial charge in [0.1, 0.15) is 0 Å². The van der Waals surface area contributed by atoms with E-state index in [9.17, 15) is 14.2 Å². The Morgan fingerprint density at radius 3 is 2.52 bits per heavy atom. The number of rotatable bonds is 4. The van der Waals surface area contributed by atoms with Crippen LogP contribution in [-0.4, -0.2) is 19.8 Å². The van der Waals surface area contributed by atoms with Crippen molar-refractivity contribution >= 4 is 34.6 Å². The zero-order valence-corrected chi connectivity index (χ0v) is 13.1. The van der Waals surface area contributed by atoms with Crippen LogP contribution in [0.15, 0.2) is 38.1 Å². The summed E-state index contributed by atoms with van der Waals surface area (Å²) in [5, 5.41) is 0. The molecule has 0 radical (unpaired) electrons. The van der Waals surface area contributed by atoms with E-state index in [1.807, 2.05) is 0 Å². The van der Waals surface area contributed by atoms with E-state index in [0.29, 0.717) is 23.9 Å². The predicted molar refractivity (Wildman–Crippen MR) is 82.4 cm³/mol. The molecule has 0 saturated carbocycles. The first-order valence-corrected chi connectivity index (χ1v) is 8.41. The third kappa shape index (κ3) is 4.25. The molecule has 0 spiro atoms. The van der Waals surface area contributed by atoms with Crippen LogP contribution in [0.4, 0.5) is 0 Å². The van der Waals surface area contributed by atoms with Gasteiger partial charge in [0.05, 0.1) is 11.0 Å². The normalized spacial score (nSPS) is 12.3. The molecule has 4 N–H and O–H groups in total. The molecule has 0 fully saturated rings. The average Bonchev–Trinajstić information content (AvgIpc) is 2.35. The highest BCUT2D eigenvalue weighted by molar-refractivity contribution is 9.10. The molecule has 0 aliphatic heterocycles. The maximum absolute atomic E-state index is 11.4. The molecular weight excluding hydrogens is 363 g/mol. The van der Waals surface area contributed by atoms with E-state index in [0.717, 1.165) is 15.9 Å². The van der Waals surface area contributed by atoms with Gasteiger partial charge in [0.15, 0.2) is 0 Å². The summed E-state index contributed by atoms with van der Waals surface area (Å²) in [5.41, 5.74) is 0.281. The second-order valence-electron chi connectivity index (χ2n) is 4.41. The van der Waals surface area contributed by atoms with Gasteiger partial charge in [-0.25, -0.2) is 0 Å². The molecule has 9 heteroatoms. The number of nitrogens with one attached hydrogen (secondary N) is 2. The summed E-state index contributed by atoms with van der Waals surface area (Å²) >= 11 is 3.31. The van der Waals surface area contributed by atoms with Gasteiger partial charge in [0.25, 0.3) is 0 Å². The minimum absolute atomic E-state index is 0.387. The van der Waals surface area contributed by atoms with Crippen molar-refractivity contribution < 1.29 is 14.4 Å². The van der Waals surface area contributed by atoms with E-state index in [1.54, 1.807) is 12.1 Å². The maximum Gasteiger partial charge on any atom is 0.348 e. The lowest BCUT2D eigenvalue weighted by molar-refractivity contribution is 0.386. The zero-order valence-electron chi connectivity index (χ0n) is 10.7. The molecule has 0 saturated heterocycles. The molecule has 21 heavy (non-hydrogen) atoms. The molecule has 0 amide bonds. The Kier molecular flexibility index (Phi) is 4.63. The van der Waals surface area contributed by atoms with E-state index in [4.69, 9.17) is 9.79 Å². The second-order valence-corrected chi connectivity index (χ2v) is 6.80. The minimum Gasteiger partial charge on any atom is -0.321 e. The maximum atomic E-state index is 11.4. The third-order valence-corrected chi connectivity index (χ3v) is 3.81. The Morgan fingerprint density at radius 2 is 1.86 bits per heavy atom. The minimum atomic E-state index is -4.15. The molecule has 0 aliphatic carbocycles. The number of allylic oxidation sites excluding steroid dienone is 1. The molecule has 112 valence electrons. The lowest BCUT2D eigenvalue weighted by atomic mass is 10.1. The van der Waals surface area contributed by atoms with Crippen LogP contribution in [0.3, 0.4) is 0 Å². The van der Waals surface area contributed by atoms with Gasteiger partial charge in [0.2, 0.25) is 0 Å². The molecule has 1 aromatic heterocycles. The topological polar surface area (TPSA) is 123 Å². The van der Waals surface area contributed by atoms with E-state index in [1.165, 1.54) is 6.08 Å². The van der Waals surface area contributed by atoms with Gasteiger partial charge in [-0.05, 0) is 30.5 Å². The van der Waals surface area contributed by atoms with Crippen molar-refractivity contribution in [2.75, 3.05) is 0 Å². The molecule has 0 aliphatic rings. The van der Waals surface area contributed by atoms with Crippen LogP contribution in [-0.2, 0) is 11.0 Å². The number of H-pyrrole nitrogens is 2. The number of aryl methyl sites for hydroxylation is 1. The van der Waals surface area contributed by atoms with Gasteiger partial charge in [-0.3, -0.25) is 14.2 Å². The summed E-state index contributed by atoms with van der Waals surface area (Å²) in [6.07, 6.45) is 2.23. The standard InChI is InChI=1S/C12H12BrN2O5P/c13-8-5-7(3-1-2-4-21(18,19)20)10-9(6-8)14-11(16)12(17)15-10/h2,4-6H,1,3H2,(H,14,16)(H,15,17)(H2,18,19,20). The van der Waals surface area contributed by atoms with Crippen molar-refractivity contribution in [2.24, 2.45) is 0 Å². The van der Waals surface area contributed by atoms with E-state index in [2.05, 4.69) is 25.9 Å². The largest absolute Gasteiger partial charge is 0.348 e. The van der Waals surface area contributed by atoms with Crippen molar-refractivity contribution in [1.29, 1.82) is 0 Å². The molecule has 0 atom stereocenters. The van der Waals surface area contributed by atoms with Gasteiger partial charge in [-0.2, -0.15) is 0 Å². The molecule has 0 bridgehead atoms. The fraction of sp³-hybridized carbons (Fsp3) is 0.167. The summed E-state index contributed by atoms with van der Waals surface area (Å²) in [5.74, 6) is 0.845. The van der Waals surface area contributed by atoms with Gasteiger partial charge >= 0.3 is 18.7 Å². The third-order valence-electron chi connectivity index (χ3n) is 2.76.